The normalized spacial score (nSPS) is 27.1. The van der Waals surface area contributed by atoms with Crippen molar-refractivity contribution >= 4 is 5.91 Å². The van der Waals surface area contributed by atoms with Gasteiger partial charge in [-0.15, -0.1) is 0 Å². The van der Waals surface area contributed by atoms with Crippen molar-refractivity contribution in [3.63, 3.8) is 0 Å². The maximum absolute atomic E-state index is 12.4. The van der Waals surface area contributed by atoms with Gasteiger partial charge in [-0.3, -0.25) is 4.79 Å². The molecular weight excluding hydrogens is 220 g/mol. The van der Waals surface area contributed by atoms with Gasteiger partial charge in [0.2, 0.25) is 5.91 Å². The molecule has 1 unspecified atom stereocenters. The fourth-order valence-corrected chi connectivity index (χ4v) is 2.53. The summed E-state index contributed by atoms with van der Waals surface area (Å²) in [5.74, 6) is 0.443. The Hall–Kier alpha value is -0.650. The topological polar surface area (TPSA) is 50.8 Å². The molecule has 0 aromatic heterocycles. The molecule has 2 saturated heterocycles. The number of hydrogen-bond acceptors (Lipinski definition) is 4. The van der Waals surface area contributed by atoms with Crippen LogP contribution in [0.3, 0.4) is 0 Å². The second-order valence-electron chi connectivity index (χ2n) is 4.70. The predicted octanol–water partition coefficient (Wildman–Crippen LogP) is -0.140. The first-order valence-corrected chi connectivity index (χ1v) is 6.43. The zero-order chi connectivity index (χ0) is 12.1. The number of morpholine rings is 1. The van der Waals surface area contributed by atoms with Gasteiger partial charge < -0.3 is 19.7 Å². The number of carbonyl (C=O) groups is 1. The van der Waals surface area contributed by atoms with E-state index < -0.39 is 0 Å². The number of ether oxygens (including phenoxy) is 2. The molecule has 0 aromatic carbocycles. The first-order valence-electron chi connectivity index (χ1n) is 6.43. The van der Waals surface area contributed by atoms with Crippen molar-refractivity contribution in [1.29, 1.82) is 0 Å². The molecule has 2 rings (SSSR count). The Balaban J connectivity index is 1.94. The van der Waals surface area contributed by atoms with Crippen LogP contribution in [0.15, 0.2) is 0 Å². The Bertz CT molecular complexity index is 252. The molecule has 5 nitrogen and oxygen atoms in total. The van der Waals surface area contributed by atoms with Gasteiger partial charge in [-0.25, -0.2) is 0 Å². The Labute approximate surface area is 102 Å². The molecular formula is C12H22N2O3. The molecule has 5 heteroatoms. The van der Waals surface area contributed by atoms with Crippen molar-refractivity contribution in [1.82, 2.24) is 10.2 Å². The Morgan fingerprint density at radius 1 is 1.29 bits per heavy atom. The highest BCUT2D eigenvalue weighted by atomic mass is 16.5. The fraction of sp³-hybridized carbons (Fsp3) is 0.917. The number of nitrogens with zero attached hydrogens (tertiary/aromatic N) is 1. The van der Waals surface area contributed by atoms with E-state index >= 15 is 0 Å². The largest absolute Gasteiger partial charge is 0.381 e. The van der Waals surface area contributed by atoms with Crippen LogP contribution in [-0.2, 0) is 14.3 Å². The predicted molar refractivity (Wildman–Crippen MR) is 63.8 cm³/mol. The molecule has 1 amide bonds. The van der Waals surface area contributed by atoms with Crippen LogP contribution in [0.1, 0.15) is 12.8 Å². The molecule has 2 fully saturated rings. The molecule has 0 saturated carbocycles. The minimum absolute atomic E-state index is 0.154. The maximum atomic E-state index is 12.4. The quantitative estimate of drug-likeness (QED) is 0.748. The summed E-state index contributed by atoms with van der Waals surface area (Å²) in [6.45, 7) is 4.28. The van der Waals surface area contributed by atoms with E-state index in [1.807, 2.05) is 11.9 Å². The first kappa shape index (κ1) is 12.8. The summed E-state index contributed by atoms with van der Waals surface area (Å²) >= 11 is 0. The fourth-order valence-electron chi connectivity index (χ4n) is 2.53. The molecule has 2 heterocycles. The number of amides is 1. The second-order valence-corrected chi connectivity index (χ2v) is 4.70. The molecule has 0 spiro atoms. The van der Waals surface area contributed by atoms with Gasteiger partial charge in [-0.05, 0) is 19.9 Å². The lowest BCUT2D eigenvalue weighted by atomic mass is 9.97. The van der Waals surface area contributed by atoms with Gasteiger partial charge in [0.25, 0.3) is 0 Å². The van der Waals surface area contributed by atoms with Crippen molar-refractivity contribution in [3.05, 3.63) is 0 Å². The highest BCUT2D eigenvalue weighted by Crippen LogP contribution is 2.20. The molecule has 1 atom stereocenters. The first-order chi connectivity index (χ1) is 8.33. The van der Waals surface area contributed by atoms with Crippen LogP contribution < -0.4 is 5.32 Å². The number of rotatable bonds is 3. The second kappa shape index (κ2) is 6.33. The van der Waals surface area contributed by atoms with E-state index in [1.54, 1.807) is 0 Å². The third-order valence-electron chi connectivity index (χ3n) is 3.52. The van der Waals surface area contributed by atoms with Crippen LogP contribution in [0.5, 0.6) is 0 Å². The molecule has 1 N–H and O–H groups in total. The SMILES string of the molecule is CNCC1COCCN1C(=O)C1CCOCC1. The molecule has 2 aliphatic rings. The smallest absolute Gasteiger partial charge is 0.226 e. The third-order valence-corrected chi connectivity index (χ3v) is 3.52. The number of hydrogen-bond donors (Lipinski definition) is 1. The van der Waals surface area contributed by atoms with Gasteiger partial charge in [-0.2, -0.15) is 0 Å². The Morgan fingerprint density at radius 2 is 2.06 bits per heavy atom. The summed E-state index contributed by atoms with van der Waals surface area (Å²) in [5.41, 5.74) is 0. The summed E-state index contributed by atoms with van der Waals surface area (Å²) in [4.78, 5) is 14.4. The minimum Gasteiger partial charge on any atom is -0.381 e. The molecule has 2 aliphatic heterocycles. The average Bonchev–Trinajstić information content (AvgIpc) is 2.40. The van der Waals surface area contributed by atoms with Gasteiger partial charge in [0.1, 0.15) is 0 Å². The molecule has 0 aromatic rings. The van der Waals surface area contributed by atoms with Crippen LogP contribution in [-0.4, -0.2) is 63.4 Å². The zero-order valence-corrected chi connectivity index (χ0v) is 10.5. The summed E-state index contributed by atoms with van der Waals surface area (Å²) in [6, 6.07) is 0.184. The third kappa shape index (κ3) is 3.18. The summed E-state index contributed by atoms with van der Waals surface area (Å²) in [5, 5.41) is 3.13. The zero-order valence-electron chi connectivity index (χ0n) is 10.5. The summed E-state index contributed by atoms with van der Waals surface area (Å²) in [7, 11) is 1.91. The standard InChI is InChI=1S/C12H22N2O3/c1-13-8-11-9-17-7-4-14(11)12(15)10-2-5-16-6-3-10/h10-11,13H,2-9H2,1H3. The highest BCUT2D eigenvalue weighted by molar-refractivity contribution is 5.79. The monoisotopic (exact) mass is 242 g/mol. The maximum Gasteiger partial charge on any atom is 0.226 e. The number of nitrogens with one attached hydrogen (secondary N) is 1. The van der Waals surface area contributed by atoms with E-state index in [0.29, 0.717) is 13.2 Å². The molecule has 17 heavy (non-hydrogen) atoms. The Morgan fingerprint density at radius 3 is 2.76 bits per heavy atom. The summed E-state index contributed by atoms with van der Waals surface area (Å²) in [6.07, 6.45) is 1.73. The molecule has 0 bridgehead atoms. The van der Waals surface area contributed by atoms with Gasteiger partial charge >= 0.3 is 0 Å². The highest BCUT2D eigenvalue weighted by Gasteiger charge is 2.32. The van der Waals surface area contributed by atoms with E-state index in [2.05, 4.69) is 5.32 Å². The Kier molecular flexibility index (Phi) is 4.76. The van der Waals surface area contributed by atoms with E-state index in [-0.39, 0.29) is 17.9 Å². The van der Waals surface area contributed by atoms with Crippen LogP contribution in [0, 0.1) is 5.92 Å². The minimum atomic E-state index is 0.154. The lowest BCUT2D eigenvalue weighted by Gasteiger charge is -2.38. The van der Waals surface area contributed by atoms with Crippen molar-refractivity contribution in [2.45, 2.75) is 18.9 Å². The summed E-state index contributed by atoms with van der Waals surface area (Å²) < 4.78 is 10.7. The van der Waals surface area contributed by atoms with E-state index in [9.17, 15) is 4.79 Å². The van der Waals surface area contributed by atoms with Crippen molar-refractivity contribution in [2.75, 3.05) is 46.6 Å². The van der Waals surface area contributed by atoms with Crippen LogP contribution in [0.2, 0.25) is 0 Å². The van der Waals surface area contributed by atoms with Gasteiger partial charge in [-0.1, -0.05) is 0 Å². The average molecular weight is 242 g/mol. The molecule has 0 aliphatic carbocycles. The van der Waals surface area contributed by atoms with E-state index in [4.69, 9.17) is 9.47 Å². The lowest BCUT2D eigenvalue weighted by Crippen LogP contribution is -2.54. The number of likely N-dealkylation sites (N-methyl/N-ethyl adjacent to an activating group) is 1. The van der Waals surface area contributed by atoms with Crippen molar-refractivity contribution in [3.8, 4) is 0 Å². The van der Waals surface area contributed by atoms with Gasteiger partial charge in [0.05, 0.1) is 19.3 Å². The van der Waals surface area contributed by atoms with E-state index in [1.165, 1.54) is 0 Å². The van der Waals surface area contributed by atoms with Crippen LogP contribution in [0.4, 0.5) is 0 Å². The van der Waals surface area contributed by atoms with Crippen LogP contribution >= 0.6 is 0 Å². The molecule has 98 valence electrons. The number of carbonyl (C=O) groups excluding carboxylic acids is 1. The molecule has 0 radical (unpaired) electrons. The van der Waals surface area contributed by atoms with Gasteiger partial charge in [0.15, 0.2) is 0 Å². The lowest BCUT2D eigenvalue weighted by molar-refractivity contribution is -0.147. The van der Waals surface area contributed by atoms with Crippen LogP contribution in [0.25, 0.3) is 0 Å². The van der Waals surface area contributed by atoms with Gasteiger partial charge in [0, 0.05) is 32.2 Å². The van der Waals surface area contributed by atoms with Crippen molar-refractivity contribution < 1.29 is 14.3 Å². The van der Waals surface area contributed by atoms with E-state index in [0.717, 1.165) is 39.1 Å². The van der Waals surface area contributed by atoms with Crippen molar-refractivity contribution in [2.24, 2.45) is 5.92 Å².